The summed E-state index contributed by atoms with van der Waals surface area (Å²) in [4.78, 5) is 26.0. The first-order valence-electron chi connectivity index (χ1n) is 7.08. The van der Waals surface area contributed by atoms with E-state index in [0.29, 0.717) is 22.3 Å². The van der Waals surface area contributed by atoms with Crippen molar-refractivity contribution in [1.29, 1.82) is 0 Å². The highest BCUT2D eigenvalue weighted by atomic mass is 79.9. The Morgan fingerprint density at radius 1 is 1.25 bits per heavy atom. The highest BCUT2D eigenvalue weighted by molar-refractivity contribution is 9.11. The van der Waals surface area contributed by atoms with E-state index >= 15 is 0 Å². The number of hydrogen-bond donors (Lipinski definition) is 1. The maximum atomic E-state index is 13.2. The highest BCUT2D eigenvalue weighted by Gasteiger charge is 2.16. The van der Waals surface area contributed by atoms with Gasteiger partial charge in [-0.15, -0.1) is 11.3 Å². The SMILES string of the molecule is CN(CC(=O)NCCc1ccc(F)c(Br)c1)C(=O)c1ccc(Br)s1. The molecule has 128 valence electrons. The lowest BCUT2D eigenvalue weighted by atomic mass is 10.1. The second-order valence-corrected chi connectivity index (χ2v) is 8.43. The first-order valence-corrected chi connectivity index (χ1v) is 9.48. The number of likely N-dealkylation sites (N-methyl/N-ethyl adjacent to an activating group) is 1. The van der Waals surface area contributed by atoms with E-state index in [0.717, 1.165) is 9.35 Å². The van der Waals surface area contributed by atoms with Gasteiger partial charge in [0, 0.05) is 13.6 Å². The number of nitrogens with zero attached hydrogens (tertiary/aromatic N) is 1. The summed E-state index contributed by atoms with van der Waals surface area (Å²) in [5.41, 5.74) is 0.913. The molecule has 0 unspecified atom stereocenters. The number of rotatable bonds is 6. The van der Waals surface area contributed by atoms with E-state index in [9.17, 15) is 14.0 Å². The lowest BCUT2D eigenvalue weighted by molar-refractivity contribution is -0.121. The lowest BCUT2D eigenvalue weighted by Gasteiger charge is -2.16. The number of hydrogen-bond acceptors (Lipinski definition) is 3. The summed E-state index contributed by atoms with van der Waals surface area (Å²) in [5.74, 6) is -0.742. The van der Waals surface area contributed by atoms with Crippen molar-refractivity contribution in [1.82, 2.24) is 10.2 Å². The van der Waals surface area contributed by atoms with Gasteiger partial charge in [0.15, 0.2) is 0 Å². The van der Waals surface area contributed by atoms with Gasteiger partial charge in [-0.2, -0.15) is 0 Å². The zero-order valence-corrected chi connectivity index (χ0v) is 16.8. The van der Waals surface area contributed by atoms with Crippen molar-refractivity contribution in [2.75, 3.05) is 20.1 Å². The van der Waals surface area contributed by atoms with Crippen molar-refractivity contribution in [2.45, 2.75) is 6.42 Å². The second kappa shape index (κ2) is 8.73. The quantitative estimate of drug-likeness (QED) is 0.687. The number of nitrogens with one attached hydrogen (secondary N) is 1. The van der Waals surface area contributed by atoms with Gasteiger partial charge >= 0.3 is 0 Å². The number of amides is 2. The number of halogens is 3. The summed E-state index contributed by atoms with van der Waals surface area (Å²) in [6.07, 6.45) is 0.583. The molecule has 0 radical (unpaired) electrons. The average Bonchev–Trinajstić information content (AvgIpc) is 2.96. The van der Waals surface area contributed by atoms with Crippen LogP contribution in [0.25, 0.3) is 0 Å². The van der Waals surface area contributed by atoms with Gasteiger partial charge in [0.2, 0.25) is 5.91 Å². The van der Waals surface area contributed by atoms with Crippen molar-refractivity contribution < 1.29 is 14.0 Å². The summed E-state index contributed by atoms with van der Waals surface area (Å²) in [6.45, 7) is 0.408. The Balaban J connectivity index is 1.78. The third kappa shape index (κ3) is 5.39. The topological polar surface area (TPSA) is 49.4 Å². The van der Waals surface area contributed by atoms with Crippen molar-refractivity contribution >= 4 is 55.0 Å². The minimum Gasteiger partial charge on any atom is -0.354 e. The van der Waals surface area contributed by atoms with Gasteiger partial charge in [-0.05, 0) is 68.1 Å². The van der Waals surface area contributed by atoms with Crippen molar-refractivity contribution in [2.24, 2.45) is 0 Å². The molecule has 0 spiro atoms. The van der Waals surface area contributed by atoms with Crippen LogP contribution in [0.2, 0.25) is 0 Å². The van der Waals surface area contributed by atoms with Crippen LogP contribution in [0.5, 0.6) is 0 Å². The molecule has 24 heavy (non-hydrogen) atoms. The summed E-state index contributed by atoms with van der Waals surface area (Å²) in [5, 5.41) is 2.76. The van der Waals surface area contributed by atoms with Gasteiger partial charge in [0.1, 0.15) is 5.82 Å². The summed E-state index contributed by atoms with van der Waals surface area (Å²) in [7, 11) is 1.59. The van der Waals surface area contributed by atoms with Crippen LogP contribution < -0.4 is 5.32 Å². The van der Waals surface area contributed by atoms with Gasteiger partial charge in [-0.1, -0.05) is 6.07 Å². The number of benzene rings is 1. The minimum absolute atomic E-state index is 0.0124. The fourth-order valence-corrected chi connectivity index (χ4v) is 3.81. The maximum absolute atomic E-state index is 13.2. The fourth-order valence-electron chi connectivity index (χ4n) is 2.00. The molecule has 4 nitrogen and oxygen atoms in total. The largest absolute Gasteiger partial charge is 0.354 e. The minimum atomic E-state index is -0.317. The summed E-state index contributed by atoms with van der Waals surface area (Å²) < 4.78 is 14.4. The summed E-state index contributed by atoms with van der Waals surface area (Å²) in [6, 6.07) is 8.26. The molecule has 0 aliphatic carbocycles. The van der Waals surface area contributed by atoms with Crippen molar-refractivity contribution in [3.05, 3.63) is 54.8 Å². The molecule has 2 rings (SSSR count). The van der Waals surface area contributed by atoms with E-state index in [4.69, 9.17) is 0 Å². The molecule has 0 saturated heterocycles. The maximum Gasteiger partial charge on any atom is 0.264 e. The highest BCUT2D eigenvalue weighted by Crippen LogP contribution is 2.23. The van der Waals surface area contributed by atoms with E-state index in [1.165, 1.54) is 22.3 Å². The molecular formula is C16H15Br2FN2O2S. The van der Waals surface area contributed by atoms with Crippen LogP contribution in [0.3, 0.4) is 0 Å². The van der Waals surface area contributed by atoms with Crippen LogP contribution in [0, 0.1) is 5.82 Å². The van der Waals surface area contributed by atoms with Crippen LogP contribution in [0.1, 0.15) is 15.2 Å². The molecule has 0 bridgehead atoms. The first-order chi connectivity index (χ1) is 11.4. The molecule has 0 aliphatic rings. The summed E-state index contributed by atoms with van der Waals surface area (Å²) >= 11 is 7.77. The van der Waals surface area contributed by atoms with Crippen LogP contribution in [0.15, 0.2) is 38.6 Å². The third-order valence-electron chi connectivity index (χ3n) is 3.23. The Hall–Kier alpha value is -1.25. The molecule has 1 N–H and O–H groups in total. The zero-order chi connectivity index (χ0) is 17.7. The van der Waals surface area contributed by atoms with Gasteiger partial charge in [0.05, 0.1) is 19.7 Å². The third-order valence-corrected chi connectivity index (χ3v) is 5.45. The van der Waals surface area contributed by atoms with Gasteiger partial charge < -0.3 is 10.2 Å². The Labute approximate surface area is 160 Å². The van der Waals surface area contributed by atoms with E-state index in [-0.39, 0.29) is 24.2 Å². The Morgan fingerprint density at radius 3 is 2.62 bits per heavy atom. The predicted molar refractivity (Wildman–Crippen MR) is 99.8 cm³/mol. The molecule has 8 heteroatoms. The van der Waals surface area contributed by atoms with E-state index in [2.05, 4.69) is 37.2 Å². The molecule has 1 aromatic carbocycles. The van der Waals surface area contributed by atoms with Crippen LogP contribution in [-0.4, -0.2) is 36.9 Å². The number of thiophene rings is 1. The number of carbonyl (C=O) groups excluding carboxylic acids is 2. The molecule has 0 fully saturated rings. The lowest BCUT2D eigenvalue weighted by Crippen LogP contribution is -2.38. The Bertz CT molecular complexity index is 751. The van der Waals surface area contributed by atoms with Crippen LogP contribution in [-0.2, 0) is 11.2 Å². The monoisotopic (exact) mass is 476 g/mol. The molecule has 2 aromatic rings. The van der Waals surface area contributed by atoms with Crippen LogP contribution >= 0.6 is 43.2 Å². The van der Waals surface area contributed by atoms with E-state index in [1.54, 1.807) is 31.3 Å². The molecule has 0 atom stereocenters. The van der Waals surface area contributed by atoms with Gasteiger partial charge in [-0.25, -0.2) is 4.39 Å². The second-order valence-electron chi connectivity index (χ2n) is 5.11. The molecular weight excluding hydrogens is 463 g/mol. The average molecular weight is 478 g/mol. The van der Waals surface area contributed by atoms with Gasteiger partial charge in [0.25, 0.3) is 5.91 Å². The zero-order valence-electron chi connectivity index (χ0n) is 12.8. The molecule has 0 saturated carbocycles. The van der Waals surface area contributed by atoms with Crippen LogP contribution in [0.4, 0.5) is 4.39 Å². The molecule has 0 aliphatic heterocycles. The standard InChI is InChI=1S/C16H15Br2FN2O2S/c1-21(16(23)13-4-5-14(18)24-13)9-15(22)20-7-6-10-2-3-12(19)11(17)8-10/h2-5,8H,6-7,9H2,1H3,(H,20,22). The van der Waals surface area contributed by atoms with Crippen molar-refractivity contribution in [3.8, 4) is 0 Å². The first kappa shape index (κ1) is 19.1. The van der Waals surface area contributed by atoms with E-state index in [1.807, 2.05) is 0 Å². The molecule has 1 aromatic heterocycles. The predicted octanol–water partition coefficient (Wildman–Crippen LogP) is 3.84. The Kier molecular flexibility index (Phi) is 6.94. The van der Waals surface area contributed by atoms with Gasteiger partial charge in [-0.3, -0.25) is 9.59 Å². The molecule has 2 amide bonds. The van der Waals surface area contributed by atoms with Crippen molar-refractivity contribution in [3.63, 3.8) is 0 Å². The fraction of sp³-hybridized carbons (Fsp3) is 0.250. The number of carbonyl (C=O) groups is 2. The normalized spacial score (nSPS) is 10.5. The smallest absolute Gasteiger partial charge is 0.264 e. The Morgan fingerprint density at radius 2 is 2.00 bits per heavy atom. The van der Waals surface area contributed by atoms with E-state index < -0.39 is 0 Å². The molecule has 1 heterocycles.